The van der Waals surface area contributed by atoms with Crippen molar-refractivity contribution in [3.8, 4) is 0 Å². The fourth-order valence-corrected chi connectivity index (χ4v) is 5.53. The molecule has 0 aliphatic carbocycles. The molecule has 4 aromatic rings. The van der Waals surface area contributed by atoms with Gasteiger partial charge in [0, 0.05) is 44.8 Å². The van der Waals surface area contributed by atoms with Crippen LogP contribution in [0.3, 0.4) is 0 Å². The lowest BCUT2D eigenvalue weighted by molar-refractivity contribution is 0.108. The number of piperidine rings is 1. The van der Waals surface area contributed by atoms with E-state index in [-0.39, 0.29) is 12.1 Å². The third-order valence-corrected chi connectivity index (χ3v) is 7.41. The van der Waals surface area contributed by atoms with Crippen molar-refractivity contribution in [2.45, 2.75) is 31.3 Å². The van der Waals surface area contributed by atoms with E-state index in [4.69, 9.17) is 9.97 Å². The van der Waals surface area contributed by atoms with Crippen LogP contribution in [0.5, 0.6) is 0 Å². The summed E-state index contributed by atoms with van der Waals surface area (Å²) in [7, 11) is 4.43. The van der Waals surface area contributed by atoms with Gasteiger partial charge in [-0.05, 0) is 57.6 Å². The normalized spacial score (nSPS) is 23.4. The van der Waals surface area contributed by atoms with E-state index in [0.717, 1.165) is 55.9 Å². The molecule has 2 aliphatic rings. The number of hydrogen-bond donors (Lipinski definition) is 1. The van der Waals surface area contributed by atoms with Crippen LogP contribution in [0, 0.1) is 0 Å². The summed E-state index contributed by atoms with van der Waals surface area (Å²) < 4.78 is 2.17. The summed E-state index contributed by atoms with van der Waals surface area (Å²) in [4.78, 5) is 21.0. The fraction of sp³-hybridized carbons (Fsp3) is 0.440. The molecule has 0 radical (unpaired) electrons. The van der Waals surface area contributed by atoms with Crippen LogP contribution in [0.1, 0.15) is 42.9 Å². The Morgan fingerprint density at radius 3 is 2.66 bits per heavy atom. The molecule has 6 rings (SSSR count). The zero-order chi connectivity index (χ0) is 21.7. The van der Waals surface area contributed by atoms with Crippen molar-refractivity contribution in [2.75, 3.05) is 45.2 Å². The first-order valence-electron chi connectivity index (χ1n) is 11.7. The lowest BCUT2D eigenvalue weighted by atomic mass is 9.93. The molecule has 5 heterocycles. The number of likely N-dealkylation sites (tertiary alicyclic amines) is 1. The smallest absolute Gasteiger partial charge is 0.124 e. The molecule has 2 fully saturated rings. The molecule has 7 nitrogen and oxygen atoms in total. The highest BCUT2D eigenvalue weighted by Crippen LogP contribution is 2.41. The third-order valence-electron chi connectivity index (χ3n) is 7.41. The molecule has 2 unspecified atom stereocenters. The molecule has 32 heavy (non-hydrogen) atoms. The molecule has 166 valence electrons. The molecule has 2 saturated heterocycles. The van der Waals surface area contributed by atoms with Gasteiger partial charge in [0.15, 0.2) is 0 Å². The zero-order valence-electron chi connectivity index (χ0n) is 18.9. The van der Waals surface area contributed by atoms with Crippen LogP contribution in [0.4, 0.5) is 5.69 Å². The van der Waals surface area contributed by atoms with Crippen molar-refractivity contribution in [1.82, 2.24) is 29.2 Å². The maximum Gasteiger partial charge on any atom is 0.124 e. The van der Waals surface area contributed by atoms with Crippen LogP contribution >= 0.6 is 0 Å². The topological polar surface area (TPSA) is 55.7 Å². The average molecular weight is 430 g/mol. The van der Waals surface area contributed by atoms with Gasteiger partial charge in [0.25, 0.3) is 0 Å². The second-order valence-electron chi connectivity index (χ2n) is 9.33. The first-order chi connectivity index (χ1) is 15.7. The molecule has 1 aromatic carbocycles. The van der Waals surface area contributed by atoms with Crippen molar-refractivity contribution in [1.29, 1.82) is 0 Å². The quantitative estimate of drug-likeness (QED) is 0.536. The number of rotatable bonds is 3. The van der Waals surface area contributed by atoms with Crippen molar-refractivity contribution in [3.05, 3.63) is 60.4 Å². The van der Waals surface area contributed by atoms with E-state index in [2.05, 4.69) is 74.7 Å². The SMILES string of the molecule is CN1CCN(c2cccc3[nH]c(C4CCCC(c5nccn6cccc56)N4C)nc23)CC1. The minimum absolute atomic E-state index is 0.263. The lowest BCUT2D eigenvalue weighted by Gasteiger charge is -2.38. The van der Waals surface area contributed by atoms with Gasteiger partial charge in [0.05, 0.1) is 34.5 Å². The lowest BCUT2D eigenvalue weighted by Crippen LogP contribution is -2.44. The van der Waals surface area contributed by atoms with Crippen molar-refractivity contribution < 1.29 is 0 Å². The Labute approximate surface area is 188 Å². The van der Waals surface area contributed by atoms with Crippen molar-refractivity contribution in [2.24, 2.45) is 0 Å². The summed E-state index contributed by atoms with van der Waals surface area (Å²) in [5.41, 5.74) is 5.87. The van der Waals surface area contributed by atoms with Gasteiger partial charge in [0.2, 0.25) is 0 Å². The summed E-state index contributed by atoms with van der Waals surface area (Å²) in [5, 5.41) is 0. The number of fused-ring (bicyclic) bond motifs is 2. The number of nitrogens with zero attached hydrogens (tertiary/aromatic N) is 6. The number of hydrogen-bond acceptors (Lipinski definition) is 5. The van der Waals surface area contributed by atoms with Crippen LogP contribution in [0.15, 0.2) is 48.9 Å². The van der Waals surface area contributed by atoms with Gasteiger partial charge in [-0.1, -0.05) is 6.07 Å². The van der Waals surface area contributed by atoms with Crippen LogP contribution in [0.25, 0.3) is 16.6 Å². The van der Waals surface area contributed by atoms with E-state index in [9.17, 15) is 0 Å². The molecular weight excluding hydrogens is 398 g/mol. The van der Waals surface area contributed by atoms with E-state index in [0.29, 0.717) is 0 Å². The summed E-state index contributed by atoms with van der Waals surface area (Å²) in [5.74, 6) is 1.08. The Hall–Kier alpha value is -2.90. The Balaban J connectivity index is 1.33. The van der Waals surface area contributed by atoms with E-state index in [1.54, 1.807) is 0 Å². The maximum absolute atomic E-state index is 5.18. The van der Waals surface area contributed by atoms with Crippen LogP contribution in [0.2, 0.25) is 0 Å². The van der Waals surface area contributed by atoms with Gasteiger partial charge in [-0.2, -0.15) is 0 Å². The number of anilines is 1. The number of aromatic amines is 1. The van der Waals surface area contributed by atoms with Gasteiger partial charge < -0.3 is 19.2 Å². The number of aromatic nitrogens is 4. The molecule has 3 aromatic heterocycles. The molecular formula is C25H31N7. The highest BCUT2D eigenvalue weighted by Gasteiger charge is 2.33. The monoisotopic (exact) mass is 429 g/mol. The molecule has 0 saturated carbocycles. The first kappa shape index (κ1) is 19.8. The molecule has 2 aliphatic heterocycles. The van der Waals surface area contributed by atoms with Crippen LogP contribution in [-0.4, -0.2) is 69.4 Å². The van der Waals surface area contributed by atoms with Crippen LogP contribution in [-0.2, 0) is 0 Å². The minimum Gasteiger partial charge on any atom is -0.367 e. The number of likely N-dealkylation sites (N-methyl/N-ethyl adjacent to an activating group) is 1. The molecule has 0 amide bonds. The second-order valence-corrected chi connectivity index (χ2v) is 9.33. The standard InChI is InChI=1S/C25H31N7/c1-29-14-16-32(17-15-29)20-8-3-6-18-23(20)28-25(27-18)22-9-4-7-19(30(22)2)24-21-10-5-12-31(21)13-11-26-24/h3,5-6,8,10-13,19,22H,4,7,9,14-17H2,1-2H3,(H,27,28). The summed E-state index contributed by atoms with van der Waals surface area (Å²) in [6.45, 7) is 4.30. The van der Waals surface area contributed by atoms with Gasteiger partial charge in [0.1, 0.15) is 11.3 Å². The van der Waals surface area contributed by atoms with E-state index in [1.165, 1.54) is 23.3 Å². The first-order valence-corrected chi connectivity index (χ1v) is 11.7. The third kappa shape index (κ3) is 3.27. The molecule has 7 heteroatoms. The number of piperazine rings is 1. The second kappa shape index (κ2) is 7.90. The highest BCUT2D eigenvalue weighted by atomic mass is 15.3. The van der Waals surface area contributed by atoms with Gasteiger partial charge in [-0.15, -0.1) is 0 Å². The van der Waals surface area contributed by atoms with E-state index < -0.39 is 0 Å². The summed E-state index contributed by atoms with van der Waals surface area (Å²) >= 11 is 0. The molecule has 0 bridgehead atoms. The Morgan fingerprint density at radius 1 is 0.938 bits per heavy atom. The minimum atomic E-state index is 0.263. The number of nitrogens with one attached hydrogen (secondary N) is 1. The Morgan fingerprint density at radius 2 is 1.78 bits per heavy atom. The van der Waals surface area contributed by atoms with Gasteiger partial charge in [-0.25, -0.2) is 4.98 Å². The number of para-hydroxylation sites is 1. The molecule has 2 atom stereocenters. The number of H-pyrrole nitrogens is 1. The molecule has 0 spiro atoms. The predicted molar refractivity (Wildman–Crippen MR) is 128 cm³/mol. The largest absolute Gasteiger partial charge is 0.367 e. The van der Waals surface area contributed by atoms with Crippen molar-refractivity contribution in [3.63, 3.8) is 0 Å². The fourth-order valence-electron chi connectivity index (χ4n) is 5.53. The Bertz CT molecular complexity index is 1230. The highest BCUT2D eigenvalue weighted by molar-refractivity contribution is 5.89. The zero-order valence-corrected chi connectivity index (χ0v) is 18.9. The Kier molecular flexibility index (Phi) is 4.88. The summed E-state index contributed by atoms with van der Waals surface area (Å²) in [6.07, 6.45) is 9.45. The number of imidazole rings is 1. The van der Waals surface area contributed by atoms with Crippen LogP contribution < -0.4 is 4.90 Å². The average Bonchev–Trinajstić information content (AvgIpc) is 3.47. The maximum atomic E-state index is 5.18. The molecule has 1 N–H and O–H groups in total. The van der Waals surface area contributed by atoms with E-state index in [1.807, 2.05) is 12.4 Å². The van der Waals surface area contributed by atoms with Gasteiger partial charge in [-0.3, -0.25) is 9.88 Å². The van der Waals surface area contributed by atoms with Crippen molar-refractivity contribution >= 4 is 22.2 Å². The predicted octanol–water partition coefficient (Wildman–Crippen LogP) is 3.86. The van der Waals surface area contributed by atoms with E-state index >= 15 is 0 Å². The summed E-state index contributed by atoms with van der Waals surface area (Å²) in [6, 6.07) is 11.4. The number of benzene rings is 1. The van der Waals surface area contributed by atoms with Gasteiger partial charge >= 0.3 is 0 Å².